The number of nitrogens with one attached hydrogen (secondary N) is 1. The molecule has 1 aliphatic heterocycles. The van der Waals surface area contributed by atoms with Crippen molar-refractivity contribution in [2.45, 2.75) is 19.5 Å². The molecule has 0 saturated heterocycles. The first kappa shape index (κ1) is 18.9. The molecule has 1 N–H and O–H groups in total. The second-order valence-corrected chi connectivity index (χ2v) is 8.58. The van der Waals surface area contributed by atoms with Gasteiger partial charge in [0.15, 0.2) is 0 Å². The van der Waals surface area contributed by atoms with Crippen molar-refractivity contribution in [3.8, 4) is 21.8 Å². The fourth-order valence-electron chi connectivity index (χ4n) is 3.84. The molecule has 3 heterocycles. The number of fused-ring (bicyclic) bond motifs is 1. The van der Waals surface area contributed by atoms with E-state index in [0.717, 1.165) is 46.1 Å². The maximum Gasteiger partial charge on any atom is 0.255 e. The molecular weight excluding hydrogens is 397 g/mol. The lowest BCUT2D eigenvalue weighted by molar-refractivity contribution is 0.244. The summed E-state index contributed by atoms with van der Waals surface area (Å²) in [4.78, 5) is 24.7. The van der Waals surface area contributed by atoms with Crippen LogP contribution in [0.3, 0.4) is 0 Å². The quantitative estimate of drug-likeness (QED) is 0.516. The molecule has 0 unspecified atom stereocenters. The van der Waals surface area contributed by atoms with Gasteiger partial charge in [0, 0.05) is 46.9 Å². The van der Waals surface area contributed by atoms with E-state index >= 15 is 0 Å². The molecule has 0 spiro atoms. The molecule has 1 aliphatic rings. The predicted molar refractivity (Wildman–Crippen MR) is 118 cm³/mol. The summed E-state index contributed by atoms with van der Waals surface area (Å²) in [5.41, 5.74) is 3.10. The molecule has 30 heavy (non-hydrogen) atoms. The molecule has 2 aromatic carbocycles. The number of aromatic amines is 1. The van der Waals surface area contributed by atoms with Gasteiger partial charge in [0.2, 0.25) is 0 Å². The largest absolute Gasteiger partial charge is 0.306 e. The van der Waals surface area contributed by atoms with Gasteiger partial charge < -0.3 is 4.98 Å². The minimum Gasteiger partial charge on any atom is -0.306 e. The highest BCUT2D eigenvalue weighted by Crippen LogP contribution is 2.31. The predicted octanol–water partition coefficient (Wildman–Crippen LogP) is 4.86. The molecule has 2 aromatic heterocycles. The monoisotopic (exact) mass is 417 g/mol. The van der Waals surface area contributed by atoms with E-state index in [1.807, 2.05) is 48.5 Å². The Balaban J connectivity index is 1.34. The Hall–Kier alpha value is -3.09. The number of hydrogen-bond donors (Lipinski definition) is 1. The highest BCUT2D eigenvalue weighted by Gasteiger charge is 2.22. The van der Waals surface area contributed by atoms with Gasteiger partial charge in [0.05, 0.1) is 11.3 Å². The Morgan fingerprint density at radius 3 is 2.67 bits per heavy atom. The third kappa shape index (κ3) is 3.72. The molecule has 5 rings (SSSR count). The van der Waals surface area contributed by atoms with Gasteiger partial charge in [-0.05, 0) is 18.2 Å². The van der Waals surface area contributed by atoms with Crippen LogP contribution in [0.4, 0.5) is 4.39 Å². The van der Waals surface area contributed by atoms with Crippen LogP contribution >= 0.6 is 11.3 Å². The van der Waals surface area contributed by atoms with Crippen LogP contribution in [-0.2, 0) is 19.5 Å². The molecular formula is C24H20FN3OS. The third-order valence-electron chi connectivity index (χ3n) is 5.38. The van der Waals surface area contributed by atoms with Crippen LogP contribution in [0.2, 0.25) is 0 Å². The number of hydrogen-bond acceptors (Lipinski definition) is 4. The van der Waals surface area contributed by atoms with Crippen molar-refractivity contribution in [2.24, 2.45) is 0 Å². The number of H-pyrrole nitrogens is 1. The third-order valence-corrected chi connectivity index (χ3v) is 6.48. The van der Waals surface area contributed by atoms with E-state index in [2.05, 4.69) is 9.88 Å². The maximum atomic E-state index is 14.1. The van der Waals surface area contributed by atoms with Crippen LogP contribution in [0.1, 0.15) is 16.1 Å². The maximum absolute atomic E-state index is 14.1. The van der Waals surface area contributed by atoms with Crippen LogP contribution in [-0.4, -0.2) is 21.4 Å². The minimum absolute atomic E-state index is 0.0678. The fraction of sp³-hybridized carbons (Fsp3) is 0.167. The Morgan fingerprint density at radius 2 is 1.83 bits per heavy atom. The van der Waals surface area contributed by atoms with Crippen molar-refractivity contribution >= 4 is 11.3 Å². The van der Waals surface area contributed by atoms with Crippen molar-refractivity contribution in [2.75, 3.05) is 6.54 Å². The molecule has 0 fully saturated rings. The molecule has 0 radical (unpaired) electrons. The average molecular weight is 418 g/mol. The van der Waals surface area contributed by atoms with Crippen molar-refractivity contribution in [3.05, 3.63) is 99.0 Å². The first-order chi connectivity index (χ1) is 14.7. The van der Waals surface area contributed by atoms with E-state index in [1.165, 1.54) is 6.07 Å². The zero-order valence-corrected chi connectivity index (χ0v) is 17.1. The number of nitrogens with zero attached hydrogens (tertiary/aromatic N) is 2. The Morgan fingerprint density at radius 1 is 1.03 bits per heavy atom. The van der Waals surface area contributed by atoms with E-state index in [1.54, 1.807) is 23.5 Å². The van der Waals surface area contributed by atoms with Crippen LogP contribution in [0.5, 0.6) is 0 Å². The molecule has 0 atom stereocenters. The number of benzene rings is 2. The van der Waals surface area contributed by atoms with E-state index in [0.29, 0.717) is 17.9 Å². The van der Waals surface area contributed by atoms with Gasteiger partial charge >= 0.3 is 0 Å². The van der Waals surface area contributed by atoms with Gasteiger partial charge in [-0.15, -0.1) is 11.3 Å². The van der Waals surface area contributed by atoms with Crippen molar-refractivity contribution < 1.29 is 4.39 Å². The highest BCUT2D eigenvalue weighted by molar-refractivity contribution is 7.15. The van der Waals surface area contributed by atoms with E-state index in [4.69, 9.17) is 4.98 Å². The normalized spacial score (nSPS) is 13.9. The van der Waals surface area contributed by atoms with Crippen molar-refractivity contribution in [1.82, 2.24) is 14.9 Å². The summed E-state index contributed by atoms with van der Waals surface area (Å²) in [5.74, 6) is 0.421. The smallest absolute Gasteiger partial charge is 0.255 e. The molecule has 150 valence electrons. The van der Waals surface area contributed by atoms with Crippen LogP contribution in [0, 0.1) is 5.82 Å². The summed E-state index contributed by atoms with van der Waals surface area (Å²) in [6.45, 7) is 2.14. The fourth-order valence-corrected chi connectivity index (χ4v) is 4.91. The summed E-state index contributed by atoms with van der Waals surface area (Å²) in [5, 5.41) is 0. The van der Waals surface area contributed by atoms with Gasteiger partial charge in [0.25, 0.3) is 5.56 Å². The molecule has 0 aliphatic carbocycles. The topological polar surface area (TPSA) is 49.0 Å². The second kappa shape index (κ2) is 7.97. The Bertz CT molecular complexity index is 1250. The summed E-state index contributed by atoms with van der Waals surface area (Å²) in [6.07, 6.45) is 0.741. The van der Waals surface area contributed by atoms with E-state index < -0.39 is 0 Å². The van der Waals surface area contributed by atoms with E-state index in [9.17, 15) is 9.18 Å². The Labute approximate surface area is 177 Å². The first-order valence-electron chi connectivity index (χ1n) is 9.91. The summed E-state index contributed by atoms with van der Waals surface area (Å²) >= 11 is 1.60. The average Bonchev–Trinajstić information content (AvgIpc) is 3.23. The lowest BCUT2D eigenvalue weighted by atomic mass is 10.1. The molecule has 0 saturated carbocycles. The van der Waals surface area contributed by atoms with Crippen molar-refractivity contribution in [3.63, 3.8) is 0 Å². The van der Waals surface area contributed by atoms with Gasteiger partial charge in [-0.3, -0.25) is 9.69 Å². The Kier molecular flexibility index (Phi) is 5.02. The number of aromatic nitrogens is 2. The number of thiophene rings is 1. The summed E-state index contributed by atoms with van der Waals surface area (Å²) < 4.78 is 14.1. The first-order valence-corrected chi connectivity index (χ1v) is 10.7. The standard InChI is InChI=1S/C24H20FN3OS/c25-20-9-5-4-8-18(20)22-11-10-17(30-22)14-28-13-12-21-19(15-28)24(29)27-23(26-21)16-6-2-1-3-7-16/h1-11H,12-15H2,(H,26,27,29). The minimum atomic E-state index is -0.204. The lowest BCUT2D eigenvalue weighted by Crippen LogP contribution is -2.35. The zero-order chi connectivity index (χ0) is 20.5. The van der Waals surface area contributed by atoms with Gasteiger partial charge in [0.1, 0.15) is 11.6 Å². The van der Waals surface area contributed by atoms with Gasteiger partial charge in [-0.2, -0.15) is 0 Å². The van der Waals surface area contributed by atoms with Crippen LogP contribution in [0.25, 0.3) is 21.8 Å². The molecule has 0 amide bonds. The van der Waals surface area contributed by atoms with E-state index in [-0.39, 0.29) is 11.4 Å². The van der Waals surface area contributed by atoms with Crippen LogP contribution in [0.15, 0.2) is 71.5 Å². The summed E-state index contributed by atoms with van der Waals surface area (Å²) in [7, 11) is 0. The number of halogens is 1. The van der Waals surface area contributed by atoms with Crippen LogP contribution < -0.4 is 5.56 Å². The molecule has 4 aromatic rings. The highest BCUT2D eigenvalue weighted by atomic mass is 32.1. The SMILES string of the molecule is O=c1[nH]c(-c2ccccc2)nc2c1CN(Cc1ccc(-c3ccccc3F)s1)CC2. The number of rotatable bonds is 4. The zero-order valence-electron chi connectivity index (χ0n) is 16.3. The lowest BCUT2D eigenvalue weighted by Gasteiger charge is -2.27. The molecule has 4 nitrogen and oxygen atoms in total. The second-order valence-electron chi connectivity index (χ2n) is 7.41. The van der Waals surface area contributed by atoms with Gasteiger partial charge in [-0.1, -0.05) is 48.5 Å². The molecule has 0 bridgehead atoms. The molecule has 6 heteroatoms. The van der Waals surface area contributed by atoms with Gasteiger partial charge in [-0.25, -0.2) is 9.37 Å². The summed E-state index contributed by atoms with van der Waals surface area (Å²) in [6, 6.07) is 20.6. The van der Waals surface area contributed by atoms with Crippen molar-refractivity contribution in [1.29, 1.82) is 0 Å².